The first-order chi connectivity index (χ1) is 13.7. The number of fused-ring (bicyclic) bond motifs is 1. The van der Waals surface area contributed by atoms with Crippen LogP contribution in [-0.4, -0.2) is 22.6 Å². The molecule has 1 N–H and O–H groups in total. The highest BCUT2D eigenvalue weighted by molar-refractivity contribution is 8.38. The van der Waals surface area contributed by atoms with Gasteiger partial charge in [-0.25, -0.2) is 0 Å². The topological polar surface area (TPSA) is 41.5 Å². The standard InChI is InChI=1S/C23H22N2OS2/c1-16(18-11-10-17-6-2-3-7-19(17)14-18)25-22(26)21-9-5-4-8-20(21)15-28-23-24-12-13-27-23/h2-11,14,16H,12-13,15H2,1H3,(H,25,26). The molecule has 1 amide bonds. The number of carbonyl (C=O) groups excluding carboxylic acids is 1. The molecule has 1 aliphatic rings. The zero-order valence-corrected chi connectivity index (χ0v) is 17.4. The van der Waals surface area contributed by atoms with Crippen LogP contribution in [0.25, 0.3) is 10.8 Å². The minimum absolute atomic E-state index is 0.0297. The molecule has 0 saturated carbocycles. The average molecular weight is 407 g/mol. The first kappa shape index (κ1) is 19.1. The van der Waals surface area contributed by atoms with Gasteiger partial charge in [0.15, 0.2) is 0 Å². The Labute approximate surface area is 174 Å². The van der Waals surface area contributed by atoms with E-state index < -0.39 is 0 Å². The van der Waals surface area contributed by atoms with Gasteiger partial charge in [-0.3, -0.25) is 9.79 Å². The number of rotatable bonds is 5. The fraction of sp³-hybridized carbons (Fsp3) is 0.217. The molecule has 0 radical (unpaired) electrons. The summed E-state index contributed by atoms with van der Waals surface area (Å²) < 4.78 is 1.12. The lowest BCUT2D eigenvalue weighted by Gasteiger charge is -2.17. The van der Waals surface area contributed by atoms with Crippen LogP contribution in [0, 0.1) is 0 Å². The third-order valence-electron chi connectivity index (χ3n) is 4.79. The van der Waals surface area contributed by atoms with Crippen LogP contribution in [0.1, 0.15) is 34.5 Å². The summed E-state index contributed by atoms with van der Waals surface area (Å²) >= 11 is 3.52. The lowest BCUT2D eigenvalue weighted by atomic mass is 10.0. The molecule has 0 aliphatic carbocycles. The second-order valence-electron chi connectivity index (χ2n) is 6.74. The van der Waals surface area contributed by atoms with Crippen molar-refractivity contribution in [2.75, 3.05) is 12.3 Å². The molecule has 142 valence electrons. The predicted molar refractivity (Wildman–Crippen MR) is 122 cm³/mol. The van der Waals surface area contributed by atoms with Gasteiger partial charge in [-0.15, -0.1) is 0 Å². The average Bonchev–Trinajstić information content (AvgIpc) is 3.25. The fourth-order valence-electron chi connectivity index (χ4n) is 3.24. The van der Waals surface area contributed by atoms with E-state index in [1.807, 2.05) is 43.3 Å². The van der Waals surface area contributed by atoms with Crippen molar-refractivity contribution in [1.29, 1.82) is 0 Å². The minimum Gasteiger partial charge on any atom is -0.346 e. The van der Waals surface area contributed by atoms with E-state index in [1.54, 1.807) is 23.5 Å². The summed E-state index contributed by atoms with van der Waals surface area (Å²) in [5.41, 5.74) is 2.90. The molecule has 0 saturated heterocycles. The van der Waals surface area contributed by atoms with E-state index in [-0.39, 0.29) is 11.9 Å². The van der Waals surface area contributed by atoms with Gasteiger partial charge in [-0.2, -0.15) is 0 Å². The Hall–Kier alpha value is -2.24. The van der Waals surface area contributed by atoms with E-state index in [4.69, 9.17) is 0 Å². The molecular formula is C23H22N2OS2. The van der Waals surface area contributed by atoms with Crippen molar-refractivity contribution in [3.05, 3.63) is 83.4 Å². The second-order valence-corrected chi connectivity index (χ2v) is 9.05. The minimum atomic E-state index is -0.0624. The smallest absolute Gasteiger partial charge is 0.252 e. The predicted octanol–water partition coefficient (Wildman–Crippen LogP) is 5.67. The van der Waals surface area contributed by atoms with E-state index in [0.29, 0.717) is 0 Å². The van der Waals surface area contributed by atoms with E-state index in [2.05, 4.69) is 40.6 Å². The van der Waals surface area contributed by atoms with Crippen molar-refractivity contribution >= 4 is 44.6 Å². The molecule has 28 heavy (non-hydrogen) atoms. The van der Waals surface area contributed by atoms with Crippen LogP contribution in [0.4, 0.5) is 0 Å². The molecule has 5 heteroatoms. The highest BCUT2D eigenvalue weighted by Gasteiger charge is 2.16. The lowest BCUT2D eigenvalue weighted by Crippen LogP contribution is -2.27. The number of carbonyl (C=O) groups is 1. The summed E-state index contributed by atoms with van der Waals surface area (Å²) in [5.74, 6) is 1.80. The first-order valence-corrected chi connectivity index (χ1v) is 11.4. The second kappa shape index (κ2) is 8.84. The van der Waals surface area contributed by atoms with Crippen molar-refractivity contribution in [2.24, 2.45) is 4.99 Å². The fourth-order valence-corrected chi connectivity index (χ4v) is 5.26. The van der Waals surface area contributed by atoms with Gasteiger partial charge in [-0.05, 0) is 41.0 Å². The van der Waals surface area contributed by atoms with Crippen molar-refractivity contribution < 1.29 is 4.79 Å². The van der Waals surface area contributed by atoms with Crippen molar-refractivity contribution in [3.63, 3.8) is 0 Å². The molecule has 3 aromatic carbocycles. The number of aliphatic imine (C=N–C) groups is 1. The van der Waals surface area contributed by atoms with Crippen molar-refractivity contribution in [2.45, 2.75) is 18.7 Å². The summed E-state index contributed by atoms with van der Waals surface area (Å²) in [5, 5.41) is 5.56. The molecule has 1 aliphatic heterocycles. The number of nitrogens with zero attached hydrogens (tertiary/aromatic N) is 1. The third-order valence-corrected chi connectivity index (χ3v) is 7.09. The van der Waals surface area contributed by atoms with Gasteiger partial charge in [0.1, 0.15) is 4.38 Å². The van der Waals surface area contributed by atoms with E-state index >= 15 is 0 Å². The van der Waals surface area contributed by atoms with Gasteiger partial charge < -0.3 is 5.32 Å². The summed E-state index contributed by atoms with van der Waals surface area (Å²) in [6.45, 7) is 2.93. The van der Waals surface area contributed by atoms with Gasteiger partial charge >= 0.3 is 0 Å². The largest absolute Gasteiger partial charge is 0.346 e. The van der Waals surface area contributed by atoms with Crippen molar-refractivity contribution in [1.82, 2.24) is 5.32 Å². The van der Waals surface area contributed by atoms with Crippen LogP contribution >= 0.6 is 23.5 Å². The van der Waals surface area contributed by atoms with E-state index in [1.165, 1.54) is 10.8 Å². The van der Waals surface area contributed by atoms with Crippen LogP contribution in [0.15, 0.2) is 71.7 Å². The molecule has 0 fully saturated rings. The maximum atomic E-state index is 13.0. The normalized spacial score (nSPS) is 14.7. The monoisotopic (exact) mass is 406 g/mol. The molecule has 3 aromatic rings. The number of nitrogens with one attached hydrogen (secondary N) is 1. The molecule has 4 rings (SSSR count). The van der Waals surface area contributed by atoms with Gasteiger partial charge in [0.2, 0.25) is 0 Å². The SMILES string of the molecule is CC(NC(=O)c1ccccc1CSC1=NCCS1)c1ccc2ccccc2c1. The van der Waals surface area contributed by atoms with Gasteiger partial charge in [-0.1, -0.05) is 78.1 Å². The molecule has 0 bridgehead atoms. The maximum absolute atomic E-state index is 13.0. The molecule has 1 atom stereocenters. The Morgan fingerprint density at radius 3 is 2.71 bits per heavy atom. The summed E-state index contributed by atoms with van der Waals surface area (Å²) in [6.07, 6.45) is 0. The summed E-state index contributed by atoms with van der Waals surface area (Å²) in [7, 11) is 0. The Bertz CT molecular complexity index is 1030. The molecule has 3 nitrogen and oxygen atoms in total. The summed E-state index contributed by atoms with van der Waals surface area (Å²) in [4.78, 5) is 17.4. The van der Waals surface area contributed by atoms with E-state index in [0.717, 1.165) is 39.1 Å². The number of benzene rings is 3. The Morgan fingerprint density at radius 1 is 1.11 bits per heavy atom. The highest BCUT2D eigenvalue weighted by atomic mass is 32.2. The highest BCUT2D eigenvalue weighted by Crippen LogP contribution is 2.27. The molecule has 0 spiro atoms. The first-order valence-electron chi connectivity index (χ1n) is 9.38. The molecule has 1 heterocycles. The number of hydrogen-bond donors (Lipinski definition) is 1. The zero-order valence-electron chi connectivity index (χ0n) is 15.7. The zero-order chi connectivity index (χ0) is 19.3. The molecule has 1 unspecified atom stereocenters. The number of amides is 1. The molecular weight excluding hydrogens is 384 g/mol. The Kier molecular flexibility index (Phi) is 6.03. The maximum Gasteiger partial charge on any atom is 0.252 e. The van der Waals surface area contributed by atoms with Crippen LogP contribution in [0.2, 0.25) is 0 Å². The van der Waals surface area contributed by atoms with Crippen LogP contribution in [0.5, 0.6) is 0 Å². The van der Waals surface area contributed by atoms with E-state index in [9.17, 15) is 4.79 Å². The van der Waals surface area contributed by atoms with Gasteiger partial charge in [0, 0.05) is 17.1 Å². The quantitative estimate of drug-likeness (QED) is 0.594. The van der Waals surface area contributed by atoms with Crippen LogP contribution in [-0.2, 0) is 5.75 Å². The number of hydrogen-bond acceptors (Lipinski definition) is 4. The summed E-state index contributed by atoms with van der Waals surface area (Å²) in [6, 6.07) is 22.4. The van der Waals surface area contributed by atoms with Crippen LogP contribution < -0.4 is 5.32 Å². The van der Waals surface area contributed by atoms with Crippen LogP contribution in [0.3, 0.4) is 0 Å². The van der Waals surface area contributed by atoms with Gasteiger partial charge in [0.05, 0.1) is 12.6 Å². The third kappa shape index (κ3) is 4.42. The lowest BCUT2D eigenvalue weighted by molar-refractivity contribution is 0.0939. The Morgan fingerprint density at radius 2 is 1.89 bits per heavy atom. The van der Waals surface area contributed by atoms with Crippen molar-refractivity contribution in [3.8, 4) is 0 Å². The number of thioether (sulfide) groups is 2. The molecule has 0 aromatic heterocycles. The van der Waals surface area contributed by atoms with Gasteiger partial charge in [0.25, 0.3) is 5.91 Å². The Balaban J connectivity index is 1.47.